The Kier molecular flexibility index (Phi) is 3.68. The Morgan fingerprint density at radius 2 is 2.19 bits per heavy atom. The van der Waals surface area contributed by atoms with Gasteiger partial charge in [0.25, 0.3) is 5.91 Å². The summed E-state index contributed by atoms with van der Waals surface area (Å²) in [6.45, 7) is 1.00. The number of hydrogen-bond acceptors (Lipinski definition) is 2. The number of H-pyrrole nitrogens is 1. The number of halogens is 2. The Labute approximate surface area is 120 Å². The van der Waals surface area contributed by atoms with E-state index in [0.29, 0.717) is 24.3 Å². The average Bonchev–Trinajstić information content (AvgIpc) is 3.03. The highest BCUT2D eigenvalue weighted by atomic mass is 19.1. The predicted octanol–water partition coefficient (Wildman–Crippen LogP) is 2.71. The minimum absolute atomic E-state index is 0.158. The molecule has 0 aliphatic carbocycles. The largest absolute Gasteiger partial charge is 0.337 e. The van der Waals surface area contributed by atoms with Crippen LogP contribution < -0.4 is 0 Å². The van der Waals surface area contributed by atoms with E-state index in [2.05, 4.69) is 10.2 Å². The third-order valence-electron chi connectivity index (χ3n) is 3.84. The molecule has 110 valence electrons. The maximum Gasteiger partial charge on any atom is 0.271 e. The molecular weight excluding hydrogens is 276 g/mol. The second-order valence-electron chi connectivity index (χ2n) is 5.23. The molecular formula is C15H15F2N3O. The molecule has 1 aliphatic heterocycles. The molecule has 1 N–H and O–H groups in total. The van der Waals surface area contributed by atoms with Crippen LogP contribution in [0.25, 0.3) is 0 Å². The number of carbonyl (C=O) groups is 1. The first-order valence-corrected chi connectivity index (χ1v) is 6.89. The number of rotatable bonds is 2. The molecule has 1 aliphatic rings. The summed E-state index contributed by atoms with van der Waals surface area (Å²) in [5.74, 6) is -1.21. The van der Waals surface area contributed by atoms with Crippen molar-refractivity contribution in [2.45, 2.75) is 18.8 Å². The Balaban J connectivity index is 1.80. The monoisotopic (exact) mass is 291 g/mol. The molecule has 1 aromatic carbocycles. The zero-order valence-electron chi connectivity index (χ0n) is 11.4. The summed E-state index contributed by atoms with van der Waals surface area (Å²) in [6.07, 6.45) is 3.02. The molecule has 1 fully saturated rings. The topological polar surface area (TPSA) is 49.0 Å². The van der Waals surface area contributed by atoms with Crippen molar-refractivity contribution in [3.8, 4) is 0 Å². The summed E-state index contributed by atoms with van der Waals surface area (Å²) in [5.41, 5.74) is 0.757. The van der Waals surface area contributed by atoms with Crippen LogP contribution in [0.2, 0.25) is 0 Å². The molecule has 1 aromatic heterocycles. The van der Waals surface area contributed by atoms with E-state index in [9.17, 15) is 13.6 Å². The van der Waals surface area contributed by atoms with Gasteiger partial charge in [-0.15, -0.1) is 0 Å². The fourth-order valence-electron chi connectivity index (χ4n) is 2.79. The van der Waals surface area contributed by atoms with Crippen molar-refractivity contribution in [3.63, 3.8) is 0 Å². The number of carbonyl (C=O) groups excluding carboxylic acids is 1. The minimum Gasteiger partial charge on any atom is -0.337 e. The van der Waals surface area contributed by atoms with Crippen LogP contribution in [0.3, 0.4) is 0 Å². The molecule has 6 heteroatoms. The maximum atomic E-state index is 13.9. The van der Waals surface area contributed by atoms with Gasteiger partial charge in [0.1, 0.15) is 17.3 Å². The van der Waals surface area contributed by atoms with E-state index in [1.807, 2.05) is 0 Å². The molecule has 21 heavy (non-hydrogen) atoms. The number of likely N-dealkylation sites (tertiary alicyclic amines) is 1. The molecule has 0 spiro atoms. The SMILES string of the molecule is O=C(c1ccn[nH]1)N1CCCC(c2cc(F)ccc2F)C1. The summed E-state index contributed by atoms with van der Waals surface area (Å²) < 4.78 is 27.2. The Bertz CT molecular complexity index is 642. The van der Waals surface area contributed by atoms with E-state index in [1.165, 1.54) is 12.3 Å². The minimum atomic E-state index is -0.455. The Morgan fingerprint density at radius 1 is 1.33 bits per heavy atom. The molecule has 2 heterocycles. The van der Waals surface area contributed by atoms with Crippen LogP contribution in [0.4, 0.5) is 8.78 Å². The van der Waals surface area contributed by atoms with Crippen LogP contribution in [0.1, 0.15) is 34.8 Å². The average molecular weight is 291 g/mol. The second kappa shape index (κ2) is 5.63. The third-order valence-corrected chi connectivity index (χ3v) is 3.84. The molecule has 1 saturated heterocycles. The molecule has 2 aromatic rings. The van der Waals surface area contributed by atoms with E-state index in [1.54, 1.807) is 11.0 Å². The molecule has 1 unspecified atom stereocenters. The van der Waals surface area contributed by atoms with Gasteiger partial charge in [-0.1, -0.05) is 0 Å². The zero-order valence-corrected chi connectivity index (χ0v) is 11.4. The fraction of sp³-hybridized carbons (Fsp3) is 0.333. The third kappa shape index (κ3) is 2.79. The van der Waals surface area contributed by atoms with Crippen LogP contribution in [0.15, 0.2) is 30.5 Å². The van der Waals surface area contributed by atoms with Crippen molar-refractivity contribution in [1.29, 1.82) is 0 Å². The first kappa shape index (κ1) is 13.7. The zero-order chi connectivity index (χ0) is 14.8. The lowest BCUT2D eigenvalue weighted by molar-refractivity contribution is 0.0700. The molecule has 0 radical (unpaired) electrons. The van der Waals surface area contributed by atoms with Gasteiger partial charge in [0.05, 0.1) is 0 Å². The van der Waals surface area contributed by atoms with E-state index in [0.717, 1.165) is 25.0 Å². The predicted molar refractivity (Wildman–Crippen MR) is 72.8 cm³/mol. The van der Waals surface area contributed by atoms with Crippen LogP contribution >= 0.6 is 0 Å². The van der Waals surface area contributed by atoms with E-state index in [-0.39, 0.29) is 11.8 Å². The summed E-state index contributed by atoms with van der Waals surface area (Å²) in [4.78, 5) is 13.9. The van der Waals surface area contributed by atoms with Crippen LogP contribution in [0.5, 0.6) is 0 Å². The van der Waals surface area contributed by atoms with Crippen molar-refractivity contribution < 1.29 is 13.6 Å². The van der Waals surface area contributed by atoms with E-state index >= 15 is 0 Å². The number of aromatic amines is 1. The Hall–Kier alpha value is -2.24. The number of hydrogen-bond donors (Lipinski definition) is 1. The first-order chi connectivity index (χ1) is 10.1. The molecule has 3 rings (SSSR count). The summed E-state index contributed by atoms with van der Waals surface area (Å²) in [5, 5.41) is 6.39. The maximum absolute atomic E-state index is 13.9. The van der Waals surface area contributed by atoms with Crippen LogP contribution in [0, 0.1) is 11.6 Å². The molecule has 0 saturated carbocycles. The lowest BCUT2D eigenvalue weighted by Crippen LogP contribution is -2.39. The highest BCUT2D eigenvalue weighted by molar-refractivity contribution is 5.92. The molecule has 4 nitrogen and oxygen atoms in total. The number of nitrogens with zero attached hydrogens (tertiary/aromatic N) is 2. The number of benzene rings is 1. The summed E-state index contributed by atoms with van der Waals surface area (Å²) >= 11 is 0. The van der Waals surface area contributed by atoms with Gasteiger partial charge in [0.15, 0.2) is 0 Å². The van der Waals surface area contributed by atoms with Gasteiger partial charge in [0.2, 0.25) is 0 Å². The molecule has 1 atom stereocenters. The normalized spacial score (nSPS) is 18.8. The van der Waals surface area contributed by atoms with E-state index in [4.69, 9.17) is 0 Å². The van der Waals surface area contributed by atoms with Gasteiger partial charge in [-0.05, 0) is 42.7 Å². The van der Waals surface area contributed by atoms with Crippen LogP contribution in [-0.4, -0.2) is 34.1 Å². The highest BCUT2D eigenvalue weighted by Gasteiger charge is 2.27. The van der Waals surface area contributed by atoms with Crippen molar-refractivity contribution in [2.75, 3.05) is 13.1 Å². The number of amides is 1. The summed E-state index contributed by atoms with van der Waals surface area (Å²) in [7, 11) is 0. The molecule has 1 amide bonds. The number of piperidine rings is 1. The fourth-order valence-corrected chi connectivity index (χ4v) is 2.79. The van der Waals surface area contributed by atoms with Crippen molar-refractivity contribution >= 4 is 5.91 Å². The van der Waals surface area contributed by atoms with E-state index < -0.39 is 11.6 Å². The Morgan fingerprint density at radius 3 is 2.95 bits per heavy atom. The summed E-state index contributed by atoms with van der Waals surface area (Å²) in [6, 6.07) is 5.08. The van der Waals surface area contributed by atoms with Gasteiger partial charge in [-0.3, -0.25) is 9.89 Å². The lowest BCUT2D eigenvalue weighted by Gasteiger charge is -2.32. The smallest absolute Gasteiger partial charge is 0.271 e. The van der Waals surface area contributed by atoms with Gasteiger partial charge < -0.3 is 4.90 Å². The van der Waals surface area contributed by atoms with Crippen molar-refractivity contribution in [2.24, 2.45) is 0 Å². The number of aromatic nitrogens is 2. The number of nitrogens with one attached hydrogen (secondary N) is 1. The van der Waals surface area contributed by atoms with Gasteiger partial charge in [0, 0.05) is 25.2 Å². The van der Waals surface area contributed by atoms with Crippen molar-refractivity contribution in [1.82, 2.24) is 15.1 Å². The van der Waals surface area contributed by atoms with Gasteiger partial charge in [-0.2, -0.15) is 5.10 Å². The van der Waals surface area contributed by atoms with Crippen molar-refractivity contribution in [3.05, 3.63) is 53.4 Å². The van der Waals surface area contributed by atoms with Gasteiger partial charge in [-0.25, -0.2) is 8.78 Å². The highest BCUT2D eigenvalue weighted by Crippen LogP contribution is 2.29. The quantitative estimate of drug-likeness (QED) is 0.925. The van der Waals surface area contributed by atoms with Crippen LogP contribution in [-0.2, 0) is 0 Å². The second-order valence-corrected chi connectivity index (χ2v) is 5.23. The van der Waals surface area contributed by atoms with Gasteiger partial charge >= 0.3 is 0 Å². The lowest BCUT2D eigenvalue weighted by atomic mass is 9.90. The standard InChI is InChI=1S/C15H15F2N3O/c16-11-3-4-13(17)12(8-11)10-2-1-7-20(9-10)15(21)14-5-6-18-19-14/h3-6,8,10H,1-2,7,9H2,(H,18,19). The molecule has 0 bridgehead atoms. The first-order valence-electron chi connectivity index (χ1n) is 6.89.